The van der Waals surface area contributed by atoms with Crippen LogP contribution in [-0.4, -0.2) is 32.2 Å². The maximum absolute atomic E-state index is 12.3. The van der Waals surface area contributed by atoms with E-state index in [2.05, 4.69) is 10.3 Å². The summed E-state index contributed by atoms with van der Waals surface area (Å²) in [7, 11) is 4.62. The number of pyridine rings is 1. The van der Waals surface area contributed by atoms with Crippen molar-refractivity contribution in [2.45, 2.75) is 6.54 Å². The number of nitrogens with zero attached hydrogens (tertiary/aromatic N) is 1. The number of rotatable bonds is 6. The highest BCUT2D eigenvalue weighted by Gasteiger charge is 2.11. The van der Waals surface area contributed by atoms with Crippen LogP contribution in [0.1, 0.15) is 15.9 Å². The van der Waals surface area contributed by atoms with E-state index in [9.17, 15) is 4.79 Å². The van der Waals surface area contributed by atoms with Gasteiger partial charge in [0, 0.05) is 29.9 Å². The Morgan fingerprint density at radius 3 is 2.36 bits per heavy atom. The van der Waals surface area contributed by atoms with E-state index in [1.165, 1.54) is 14.2 Å². The van der Waals surface area contributed by atoms with Crippen molar-refractivity contribution in [2.75, 3.05) is 21.3 Å². The highest BCUT2D eigenvalue weighted by molar-refractivity contribution is 5.95. The average molecular weight is 302 g/mol. The van der Waals surface area contributed by atoms with Gasteiger partial charge < -0.3 is 19.5 Å². The molecule has 1 heterocycles. The van der Waals surface area contributed by atoms with Crippen LogP contribution in [0, 0.1) is 0 Å². The third kappa shape index (κ3) is 3.66. The monoisotopic (exact) mass is 302 g/mol. The molecular weight excluding hydrogens is 284 g/mol. The zero-order chi connectivity index (χ0) is 15.9. The summed E-state index contributed by atoms with van der Waals surface area (Å²) in [6.07, 6.45) is 1.64. The van der Waals surface area contributed by atoms with Crippen molar-refractivity contribution < 1.29 is 19.0 Å². The third-order valence-corrected chi connectivity index (χ3v) is 3.10. The second kappa shape index (κ2) is 7.31. The molecule has 1 aromatic carbocycles. The van der Waals surface area contributed by atoms with Gasteiger partial charge in [-0.1, -0.05) is 6.07 Å². The second-order valence-electron chi connectivity index (χ2n) is 4.46. The van der Waals surface area contributed by atoms with Gasteiger partial charge in [-0.2, -0.15) is 0 Å². The molecule has 116 valence electrons. The molecule has 22 heavy (non-hydrogen) atoms. The fourth-order valence-electron chi connectivity index (χ4n) is 1.96. The predicted octanol–water partition coefficient (Wildman–Crippen LogP) is 2.04. The van der Waals surface area contributed by atoms with Gasteiger partial charge in [0.1, 0.15) is 11.5 Å². The Hall–Kier alpha value is -2.76. The molecule has 0 aliphatic rings. The minimum Gasteiger partial charge on any atom is -0.497 e. The zero-order valence-corrected chi connectivity index (χ0v) is 12.8. The van der Waals surface area contributed by atoms with Gasteiger partial charge in [0.15, 0.2) is 0 Å². The molecule has 0 atom stereocenters. The molecule has 1 aromatic heterocycles. The van der Waals surface area contributed by atoms with Gasteiger partial charge >= 0.3 is 0 Å². The lowest BCUT2D eigenvalue weighted by Crippen LogP contribution is -2.23. The van der Waals surface area contributed by atoms with E-state index in [-0.39, 0.29) is 5.91 Å². The van der Waals surface area contributed by atoms with Crippen LogP contribution in [-0.2, 0) is 6.54 Å². The van der Waals surface area contributed by atoms with E-state index in [0.717, 1.165) is 5.56 Å². The summed E-state index contributed by atoms with van der Waals surface area (Å²) in [6.45, 7) is 0.315. The molecule has 2 aromatic rings. The first kappa shape index (κ1) is 15.6. The maximum atomic E-state index is 12.3. The Balaban J connectivity index is 2.12. The Kier molecular flexibility index (Phi) is 5.19. The second-order valence-corrected chi connectivity index (χ2v) is 4.46. The number of hydrogen-bond acceptors (Lipinski definition) is 5. The zero-order valence-electron chi connectivity index (χ0n) is 12.8. The lowest BCUT2D eigenvalue weighted by atomic mass is 10.1. The van der Waals surface area contributed by atoms with Gasteiger partial charge in [0.05, 0.1) is 21.3 Å². The molecule has 0 saturated carbocycles. The number of benzene rings is 1. The fraction of sp³-hybridized carbons (Fsp3) is 0.250. The molecular formula is C16H18N2O4. The van der Waals surface area contributed by atoms with Crippen LogP contribution in [0.25, 0.3) is 0 Å². The topological polar surface area (TPSA) is 69.7 Å². The van der Waals surface area contributed by atoms with Gasteiger partial charge in [0.25, 0.3) is 5.91 Å². The summed E-state index contributed by atoms with van der Waals surface area (Å²) in [6, 6.07) is 8.65. The largest absolute Gasteiger partial charge is 0.497 e. The number of ether oxygens (including phenoxy) is 3. The molecule has 1 amide bonds. The summed E-state index contributed by atoms with van der Waals surface area (Å²) in [5.41, 5.74) is 1.26. The van der Waals surface area contributed by atoms with Crippen LogP contribution in [0.3, 0.4) is 0 Å². The number of methoxy groups -OCH3 is 3. The van der Waals surface area contributed by atoms with Crippen LogP contribution in [0.5, 0.6) is 17.4 Å². The van der Waals surface area contributed by atoms with Gasteiger partial charge in [-0.05, 0) is 18.2 Å². The summed E-state index contributed by atoms with van der Waals surface area (Å²) in [4.78, 5) is 16.4. The normalized spacial score (nSPS) is 9.95. The molecule has 0 unspecified atom stereocenters. The first-order valence-corrected chi connectivity index (χ1v) is 6.67. The number of amides is 1. The van der Waals surface area contributed by atoms with E-state index >= 15 is 0 Å². The predicted molar refractivity (Wildman–Crippen MR) is 81.5 cm³/mol. The van der Waals surface area contributed by atoms with Crippen molar-refractivity contribution in [3.63, 3.8) is 0 Å². The molecule has 0 aliphatic carbocycles. The molecule has 0 aliphatic heterocycles. The number of carbonyl (C=O) groups excluding carboxylic acids is 1. The van der Waals surface area contributed by atoms with Gasteiger partial charge in [-0.3, -0.25) is 4.79 Å². The third-order valence-electron chi connectivity index (χ3n) is 3.10. The first-order valence-electron chi connectivity index (χ1n) is 6.67. The minimum atomic E-state index is -0.233. The van der Waals surface area contributed by atoms with Crippen molar-refractivity contribution in [1.29, 1.82) is 0 Å². The van der Waals surface area contributed by atoms with Crippen LogP contribution in [0.2, 0.25) is 0 Å². The van der Waals surface area contributed by atoms with Crippen LogP contribution >= 0.6 is 0 Å². The summed E-state index contributed by atoms with van der Waals surface area (Å²) in [5.74, 6) is 1.38. The van der Waals surface area contributed by atoms with Crippen molar-refractivity contribution in [3.8, 4) is 17.4 Å². The first-order chi connectivity index (χ1) is 10.7. The SMILES string of the molecule is COc1cc(OC)cc(C(=O)NCc2cccnc2OC)c1. The highest BCUT2D eigenvalue weighted by Crippen LogP contribution is 2.22. The smallest absolute Gasteiger partial charge is 0.251 e. The van der Waals surface area contributed by atoms with E-state index in [1.807, 2.05) is 6.07 Å². The maximum Gasteiger partial charge on any atom is 0.251 e. The van der Waals surface area contributed by atoms with Gasteiger partial charge in [-0.15, -0.1) is 0 Å². The van der Waals surface area contributed by atoms with E-state index in [4.69, 9.17) is 14.2 Å². The molecule has 2 rings (SSSR count). The lowest BCUT2D eigenvalue weighted by Gasteiger charge is -2.10. The average Bonchev–Trinajstić information content (AvgIpc) is 2.59. The number of nitrogens with one attached hydrogen (secondary N) is 1. The Labute approximate surface area is 129 Å². The quantitative estimate of drug-likeness (QED) is 0.884. The molecule has 0 spiro atoms. The molecule has 6 nitrogen and oxygen atoms in total. The molecule has 1 N–H and O–H groups in total. The lowest BCUT2D eigenvalue weighted by molar-refractivity contribution is 0.0950. The van der Waals surface area contributed by atoms with Crippen LogP contribution < -0.4 is 19.5 Å². The van der Waals surface area contributed by atoms with E-state index in [0.29, 0.717) is 29.5 Å². The Morgan fingerprint density at radius 1 is 1.09 bits per heavy atom. The van der Waals surface area contributed by atoms with Crippen molar-refractivity contribution in [3.05, 3.63) is 47.7 Å². The minimum absolute atomic E-state index is 0.233. The molecule has 0 radical (unpaired) electrons. The fourth-order valence-corrected chi connectivity index (χ4v) is 1.96. The van der Waals surface area contributed by atoms with Gasteiger partial charge in [-0.25, -0.2) is 4.98 Å². The molecule has 0 fully saturated rings. The Morgan fingerprint density at radius 2 is 1.77 bits per heavy atom. The van der Waals surface area contributed by atoms with Crippen molar-refractivity contribution in [2.24, 2.45) is 0 Å². The molecule has 0 bridgehead atoms. The number of aromatic nitrogens is 1. The van der Waals surface area contributed by atoms with Crippen molar-refractivity contribution >= 4 is 5.91 Å². The summed E-state index contributed by atoms with van der Waals surface area (Å²) in [5, 5.41) is 2.82. The van der Waals surface area contributed by atoms with Crippen LogP contribution in [0.4, 0.5) is 0 Å². The molecule has 6 heteroatoms. The number of hydrogen-bond donors (Lipinski definition) is 1. The summed E-state index contributed by atoms with van der Waals surface area (Å²) >= 11 is 0. The Bertz CT molecular complexity index is 636. The standard InChI is InChI=1S/C16H18N2O4/c1-20-13-7-12(8-14(9-13)21-2)15(19)18-10-11-5-4-6-17-16(11)22-3/h4-9H,10H2,1-3H3,(H,18,19). The van der Waals surface area contributed by atoms with E-state index < -0.39 is 0 Å². The van der Waals surface area contributed by atoms with E-state index in [1.54, 1.807) is 37.6 Å². The van der Waals surface area contributed by atoms with Crippen LogP contribution in [0.15, 0.2) is 36.5 Å². The molecule has 0 saturated heterocycles. The summed E-state index contributed by atoms with van der Waals surface area (Å²) < 4.78 is 15.5. The van der Waals surface area contributed by atoms with Gasteiger partial charge in [0.2, 0.25) is 5.88 Å². The highest BCUT2D eigenvalue weighted by atomic mass is 16.5. The van der Waals surface area contributed by atoms with Crippen molar-refractivity contribution in [1.82, 2.24) is 10.3 Å². The number of carbonyl (C=O) groups is 1.